The van der Waals surface area contributed by atoms with Crippen molar-refractivity contribution in [2.24, 2.45) is 13.0 Å². The van der Waals surface area contributed by atoms with E-state index >= 15 is 0 Å². The van der Waals surface area contributed by atoms with E-state index in [1.165, 1.54) is 32.5 Å². The van der Waals surface area contributed by atoms with Gasteiger partial charge in [0.1, 0.15) is 0 Å². The van der Waals surface area contributed by atoms with Crippen molar-refractivity contribution in [3.63, 3.8) is 0 Å². The van der Waals surface area contributed by atoms with Crippen molar-refractivity contribution < 1.29 is 0 Å². The molecule has 2 bridgehead atoms. The second-order valence-corrected chi connectivity index (χ2v) is 6.19. The van der Waals surface area contributed by atoms with Crippen LogP contribution in [0.15, 0.2) is 12.3 Å². The lowest BCUT2D eigenvalue weighted by Crippen LogP contribution is -2.39. The molecule has 3 atom stereocenters. The van der Waals surface area contributed by atoms with Gasteiger partial charge in [-0.2, -0.15) is 5.10 Å². The third-order valence-corrected chi connectivity index (χ3v) is 4.85. The Hall–Kier alpha value is -1.62. The molecule has 2 aliphatic rings. The van der Waals surface area contributed by atoms with Gasteiger partial charge < -0.3 is 10.2 Å². The Morgan fingerprint density at radius 1 is 1.30 bits per heavy atom. The molecule has 2 fully saturated rings. The quantitative estimate of drug-likeness (QED) is 0.904. The fraction of sp³-hybridized carbons (Fsp3) is 0.600. The van der Waals surface area contributed by atoms with Gasteiger partial charge in [-0.05, 0) is 38.3 Å². The molecular weight excluding hydrogens is 250 g/mol. The molecule has 1 N–H and O–H groups in total. The number of pyridine rings is 1. The maximum Gasteiger partial charge on any atom is 0.157 e. The van der Waals surface area contributed by atoms with Gasteiger partial charge in [0.25, 0.3) is 0 Å². The highest BCUT2D eigenvalue weighted by Crippen LogP contribution is 2.30. The van der Waals surface area contributed by atoms with Crippen molar-refractivity contribution in [2.75, 3.05) is 25.0 Å². The number of anilines is 1. The lowest BCUT2D eigenvalue weighted by Gasteiger charge is -2.31. The number of hydrogen-bond donors (Lipinski definition) is 1. The number of hydrogen-bond acceptors (Lipinski definition) is 4. The van der Waals surface area contributed by atoms with E-state index in [1.807, 2.05) is 24.9 Å². The van der Waals surface area contributed by atoms with E-state index in [-0.39, 0.29) is 0 Å². The molecule has 0 radical (unpaired) electrons. The highest BCUT2D eigenvalue weighted by molar-refractivity contribution is 5.81. The van der Waals surface area contributed by atoms with Crippen LogP contribution in [-0.4, -0.2) is 45.3 Å². The fourth-order valence-corrected chi connectivity index (χ4v) is 3.74. The highest BCUT2D eigenvalue weighted by atomic mass is 15.3. The molecule has 4 heterocycles. The van der Waals surface area contributed by atoms with E-state index in [0.717, 1.165) is 28.3 Å². The lowest BCUT2D eigenvalue weighted by molar-refractivity contribution is 0.255. The van der Waals surface area contributed by atoms with Gasteiger partial charge in [0.2, 0.25) is 0 Å². The zero-order valence-electron chi connectivity index (χ0n) is 12.1. The van der Waals surface area contributed by atoms with Crippen LogP contribution >= 0.6 is 0 Å². The topological polar surface area (TPSA) is 46.0 Å². The molecule has 0 amide bonds. The van der Waals surface area contributed by atoms with Crippen LogP contribution in [0.3, 0.4) is 0 Å². The number of aromatic nitrogens is 3. The number of rotatable bonds is 2. The smallest absolute Gasteiger partial charge is 0.157 e. The van der Waals surface area contributed by atoms with Gasteiger partial charge in [-0.15, -0.1) is 0 Å². The molecule has 2 saturated heterocycles. The summed E-state index contributed by atoms with van der Waals surface area (Å²) in [5, 5.41) is 9.30. The van der Waals surface area contributed by atoms with Gasteiger partial charge in [0, 0.05) is 31.6 Å². The Balaban J connectivity index is 1.61. The molecule has 5 heteroatoms. The van der Waals surface area contributed by atoms with Gasteiger partial charge in [0.05, 0.1) is 17.6 Å². The maximum atomic E-state index is 4.56. The third-order valence-electron chi connectivity index (χ3n) is 4.85. The number of aryl methyl sites for hydroxylation is 2. The van der Waals surface area contributed by atoms with Crippen molar-refractivity contribution in [1.29, 1.82) is 0 Å². The Labute approximate surface area is 119 Å². The van der Waals surface area contributed by atoms with Crippen LogP contribution in [0, 0.1) is 12.8 Å². The van der Waals surface area contributed by atoms with E-state index in [2.05, 4.69) is 26.4 Å². The summed E-state index contributed by atoms with van der Waals surface area (Å²) in [6.07, 6.45) is 4.53. The SMILES string of the molecule is Cc1nn(C)c2ncc(NC3CCN4CCC3C4)cc12. The van der Waals surface area contributed by atoms with Crippen molar-refractivity contribution in [3.8, 4) is 0 Å². The average molecular weight is 271 g/mol. The first-order chi connectivity index (χ1) is 9.70. The van der Waals surface area contributed by atoms with Gasteiger partial charge in [-0.3, -0.25) is 4.68 Å². The van der Waals surface area contributed by atoms with Gasteiger partial charge in [-0.25, -0.2) is 4.98 Å². The van der Waals surface area contributed by atoms with E-state index in [0.29, 0.717) is 6.04 Å². The molecule has 3 unspecified atom stereocenters. The van der Waals surface area contributed by atoms with E-state index in [1.54, 1.807) is 0 Å². The summed E-state index contributed by atoms with van der Waals surface area (Å²) >= 11 is 0. The van der Waals surface area contributed by atoms with Crippen LogP contribution in [0.2, 0.25) is 0 Å². The van der Waals surface area contributed by atoms with Crippen LogP contribution in [0.5, 0.6) is 0 Å². The summed E-state index contributed by atoms with van der Waals surface area (Å²) in [4.78, 5) is 7.13. The molecule has 2 aromatic rings. The summed E-state index contributed by atoms with van der Waals surface area (Å²) in [5.74, 6) is 0.800. The van der Waals surface area contributed by atoms with Crippen molar-refractivity contribution in [1.82, 2.24) is 19.7 Å². The summed E-state index contributed by atoms with van der Waals surface area (Å²) < 4.78 is 1.85. The standard InChI is InChI=1S/C15H21N5/c1-10-13-7-12(8-16-15(13)19(2)18-10)17-14-4-6-20-5-3-11(14)9-20/h7-8,11,14,17H,3-6,9H2,1-2H3. The molecule has 0 aliphatic carbocycles. The predicted molar refractivity (Wildman–Crippen MR) is 79.8 cm³/mol. The van der Waals surface area contributed by atoms with Crippen LogP contribution in [0.1, 0.15) is 18.5 Å². The molecule has 2 aromatic heterocycles. The predicted octanol–water partition coefficient (Wildman–Crippen LogP) is 1.78. The van der Waals surface area contributed by atoms with E-state index in [9.17, 15) is 0 Å². The van der Waals surface area contributed by atoms with Crippen LogP contribution in [0.4, 0.5) is 5.69 Å². The summed E-state index contributed by atoms with van der Waals surface area (Å²) in [6.45, 7) is 5.82. The Kier molecular flexibility index (Phi) is 2.70. The number of nitrogens with one attached hydrogen (secondary N) is 1. The zero-order chi connectivity index (χ0) is 13.7. The Morgan fingerprint density at radius 2 is 2.15 bits per heavy atom. The molecule has 2 aliphatic heterocycles. The van der Waals surface area contributed by atoms with Crippen LogP contribution < -0.4 is 5.32 Å². The van der Waals surface area contributed by atoms with Crippen molar-refractivity contribution in [2.45, 2.75) is 25.8 Å². The number of nitrogens with zero attached hydrogens (tertiary/aromatic N) is 4. The molecule has 0 aromatic carbocycles. The van der Waals surface area contributed by atoms with Gasteiger partial charge in [0.15, 0.2) is 5.65 Å². The van der Waals surface area contributed by atoms with Crippen LogP contribution in [-0.2, 0) is 7.05 Å². The minimum atomic E-state index is 0.602. The largest absolute Gasteiger partial charge is 0.381 e. The molecule has 0 saturated carbocycles. The third kappa shape index (κ3) is 1.88. The average Bonchev–Trinajstić information content (AvgIpc) is 2.96. The lowest BCUT2D eigenvalue weighted by atomic mass is 9.94. The second-order valence-electron chi connectivity index (χ2n) is 6.19. The van der Waals surface area contributed by atoms with E-state index in [4.69, 9.17) is 0 Å². The minimum Gasteiger partial charge on any atom is -0.381 e. The van der Waals surface area contributed by atoms with Crippen LogP contribution in [0.25, 0.3) is 11.0 Å². The monoisotopic (exact) mass is 271 g/mol. The molecular formula is C15H21N5. The first-order valence-corrected chi connectivity index (χ1v) is 7.49. The number of fused-ring (bicyclic) bond motifs is 3. The normalized spacial score (nSPS) is 29.0. The zero-order valence-corrected chi connectivity index (χ0v) is 12.1. The van der Waals surface area contributed by atoms with Gasteiger partial charge in [-0.1, -0.05) is 0 Å². The minimum absolute atomic E-state index is 0.602. The van der Waals surface area contributed by atoms with Gasteiger partial charge >= 0.3 is 0 Å². The van der Waals surface area contributed by atoms with Crippen molar-refractivity contribution in [3.05, 3.63) is 18.0 Å². The fourth-order valence-electron chi connectivity index (χ4n) is 3.74. The van der Waals surface area contributed by atoms with E-state index < -0.39 is 0 Å². The summed E-state index contributed by atoms with van der Waals surface area (Å²) in [7, 11) is 1.95. The summed E-state index contributed by atoms with van der Waals surface area (Å²) in [6, 6.07) is 2.80. The molecule has 0 spiro atoms. The molecule has 106 valence electrons. The molecule has 20 heavy (non-hydrogen) atoms. The second kappa shape index (κ2) is 4.45. The summed E-state index contributed by atoms with van der Waals surface area (Å²) in [5.41, 5.74) is 3.15. The maximum absolute atomic E-state index is 4.56. The number of piperidine rings is 1. The molecule has 5 nitrogen and oxygen atoms in total. The highest BCUT2D eigenvalue weighted by Gasteiger charge is 2.34. The Bertz CT molecular complexity index is 647. The molecule has 4 rings (SSSR count). The first kappa shape index (κ1) is 12.1. The van der Waals surface area contributed by atoms with Crippen molar-refractivity contribution >= 4 is 16.7 Å². The first-order valence-electron chi connectivity index (χ1n) is 7.49. The Morgan fingerprint density at radius 3 is 3.05 bits per heavy atom.